The fourth-order valence-corrected chi connectivity index (χ4v) is 4.27. The van der Waals surface area contributed by atoms with Gasteiger partial charge in [0.1, 0.15) is 11.9 Å². The van der Waals surface area contributed by atoms with E-state index in [1.807, 2.05) is 19.0 Å². The first kappa shape index (κ1) is 33.4. The van der Waals surface area contributed by atoms with Gasteiger partial charge in [-0.05, 0) is 70.4 Å². The Bertz CT molecular complexity index is 785. The quantitative estimate of drug-likeness (QED) is 0.141. The van der Waals surface area contributed by atoms with Crippen LogP contribution in [-0.4, -0.2) is 80.5 Å². The Balaban J connectivity index is 2.61. The summed E-state index contributed by atoms with van der Waals surface area (Å²) in [5, 5.41) is 0. The molecule has 0 fully saturated rings. The number of amides is 2. The average molecular weight is 534 g/mol. The van der Waals surface area contributed by atoms with Crippen LogP contribution in [0.2, 0.25) is 0 Å². The monoisotopic (exact) mass is 533 g/mol. The van der Waals surface area contributed by atoms with Crippen molar-refractivity contribution in [3.05, 3.63) is 29.8 Å². The van der Waals surface area contributed by atoms with Gasteiger partial charge in [-0.15, -0.1) is 0 Å². The molecule has 8 nitrogen and oxygen atoms in total. The predicted molar refractivity (Wildman–Crippen MR) is 152 cm³/mol. The molecule has 1 rings (SSSR count). The van der Waals surface area contributed by atoms with Gasteiger partial charge in [0.2, 0.25) is 5.91 Å². The second kappa shape index (κ2) is 20.4. The second-order valence-corrected chi connectivity index (χ2v) is 10.3. The summed E-state index contributed by atoms with van der Waals surface area (Å²) in [7, 11) is 5.72. The number of nitrogens with zero attached hydrogens (tertiary/aromatic N) is 3. The Morgan fingerprint density at radius 1 is 0.816 bits per heavy atom. The van der Waals surface area contributed by atoms with Gasteiger partial charge in [-0.2, -0.15) is 0 Å². The lowest BCUT2D eigenvalue weighted by Crippen LogP contribution is -2.33. The standard InChI is InChI=1S/C30H51N3O5/c1-6-8-10-12-24-33(23-11-9-7-2)29(35)16-13-15-28(37-25-34)26-17-19-27(20-18-26)38-30(36)32(5)22-14-21-31(3)4/h17-20,25,28H,6-16,21-24H2,1-5H3. The zero-order valence-electron chi connectivity index (χ0n) is 24.5. The van der Waals surface area contributed by atoms with Crippen molar-refractivity contribution in [2.24, 2.45) is 0 Å². The van der Waals surface area contributed by atoms with Crippen LogP contribution in [0.1, 0.15) is 96.1 Å². The Morgan fingerprint density at radius 3 is 2.05 bits per heavy atom. The normalized spacial score (nSPS) is 11.7. The van der Waals surface area contributed by atoms with Crippen molar-refractivity contribution in [1.29, 1.82) is 0 Å². The Hall–Kier alpha value is -2.61. The van der Waals surface area contributed by atoms with E-state index < -0.39 is 12.2 Å². The molecule has 216 valence electrons. The number of unbranched alkanes of at least 4 members (excludes halogenated alkanes) is 5. The van der Waals surface area contributed by atoms with Crippen molar-refractivity contribution in [2.45, 2.75) is 90.6 Å². The van der Waals surface area contributed by atoms with Crippen LogP contribution in [0.15, 0.2) is 24.3 Å². The number of rotatable bonds is 21. The van der Waals surface area contributed by atoms with Crippen molar-refractivity contribution in [2.75, 3.05) is 47.3 Å². The summed E-state index contributed by atoms with van der Waals surface area (Å²) in [5.74, 6) is 0.614. The third-order valence-electron chi connectivity index (χ3n) is 6.61. The van der Waals surface area contributed by atoms with E-state index in [9.17, 15) is 14.4 Å². The lowest BCUT2D eigenvalue weighted by Gasteiger charge is -2.23. The fourth-order valence-electron chi connectivity index (χ4n) is 4.27. The molecule has 0 aliphatic rings. The Morgan fingerprint density at radius 2 is 1.45 bits per heavy atom. The van der Waals surface area contributed by atoms with Crippen LogP contribution >= 0.6 is 0 Å². The highest BCUT2D eigenvalue weighted by Gasteiger charge is 2.17. The summed E-state index contributed by atoms with van der Waals surface area (Å²) in [6, 6.07) is 7.02. The van der Waals surface area contributed by atoms with Crippen molar-refractivity contribution >= 4 is 18.5 Å². The van der Waals surface area contributed by atoms with Gasteiger partial charge in [-0.3, -0.25) is 9.59 Å². The predicted octanol–water partition coefficient (Wildman–Crippen LogP) is 6.05. The molecule has 0 aliphatic heterocycles. The van der Waals surface area contributed by atoms with Crippen molar-refractivity contribution in [3.63, 3.8) is 0 Å². The maximum atomic E-state index is 12.9. The summed E-state index contributed by atoms with van der Waals surface area (Å²) in [6.45, 7) is 7.95. The molecule has 38 heavy (non-hydrogen) atoms. The number of carbonyl (C=O) groups is 3. The third-order valence-corrected chi connectivity index (χ3v) is 6.61. The molecule has 0 bridgehead atoms. The van der Waals surface area contributed by atoms with Gasteiger partial charge in [-0.1, -0.05) is 58.1 Å². The highest BCUT2D eigenvalue weighted by atomic mass is 16.6. The summed E-state index contributed by atoms with van der Waals surface area (Å²) < 4.78 is 10.8. The van der Waals surface area contributed by atoms with E-state index >= 15 is 0 Å². The molecule has 2 amide bonds. The molecule has 0 heterocycles. The highest BCUT2D eigenvalue weighted by molar-refractivity contribution is 5.76. The maximum Gasteiger partial charge on any atom is 0.414 e. The van der Waals surface area contributed by atoms with Crippen LogP contribution in [0.4, 0.5) is 4.79 Å². The molecule has 0 aliphatic carbocycles. The molecule has 0 aromatic heterocycles. The molecule has 1 aromatic carbocycles. The second-order valence-electron chi connectivity index (χ2n) is 10.3. The molecular weight excluding hydrogens is 482 g/mol. The molecule has 8 heteroatoms. The number of hydrogen-bond donors (Lipinski definition) is 0. The summed E-state index contributed by atoms with van der Waals surface area (Å²) in [6.07, 6.45) is 9.51. The SMILES string of the molecule is CCCCCCN(CCCCC)C(=O)CCCC(OC=O)c1ccc(OC(=O)N(C)CCCN(C)C)cc1. The smallest absolute Gasteiger partial charge is 0.414 e. The summed E-state index contributed by atoms with van der Waals surface area (Å²) in [5.41, 5.74) is 0.808. The van der Waals surface area contributed by atoms with Crippen LogP contribution in [0.25, 0.3) is 0 Å². The largest absolute Gasteiger partial charge is 0.460 e. The zero-order valence-corrected chi connectivity index (χ0v) is 24.5. The van der Waals surface area contributed by atoms with E-state index in [-0.39, 0.29) is 5.91 Å². The number of carbonyl (C=O) groups excluding carboxylic acids is 3. The van der Waals surface area contributed by atoms with Gasteiger partial charge in [0.15, 0.2) is 0 Å². The van der Waals surface area contributed by atoms with E-state index in [2.05, 4.69) is 18.7 Å². The summed E-state index contributed by atoms with van der Waals surface area (Å²) in [4.78, 5) is 42.1. The molecule has 1 aromatic rings. The lowest BCUT2D eigenvalue weighted by molar-refractivity contribution is -0.134. The molecule has 1 atom stereocenters. The lowest BCUT2D eigenvalue weighted by atomic mass is 10.0. The number of hydrogen-bond acceptors (Lipinski definition) is 6. The van der Waals surface area contributed by atoms with Crippen LogP contribution < -0.4 is 4.74 Å². The van der Waals surface area contributed by atoms with Gasteiger partial charge < -0.3 is 24.2 Å². The van der Waals surface area contributed by atoms with E-state index in [1.54, 1.807) is 36.2 Å². The number of benzene rings is 1. The zero-order chi connectivity index (χ0) is 28.2. The average Bonchev–Trinajstić information content (AvgIpc) is 2.89. The number of ether oxygens (including phenoxy) is 2. The van der Waals surface area contributed by atoms with E-state index in [4.69, 9.17) is 9.47 Å². The minimum absolute atomic E-state index is 0.180. The van der Waals surface area contributed by atoms with Gasteiger partial charge in [0, 0.05) is 33.1 Å². The molecule has 0 N–H and O–H groups in total. The molecule has 1 unspecified atom stereocenters. The van der Waals surface area contributed by atoms with Crippen LogP contribution in [0.5, 0.6) is 5.75 Å². The van der Waals surface area contributed by atoms with Gasteiger partial charge in [0.25, 0.3) is 6.47 Å². The van der Waals surface area contributed by atoms with Gasteiger partial charge >= 0.3 is 6.09 Å². The molecule has 0 saturated carbocycles. The van der Waals surface area contributed by atoms with Crippen molar-refractivity contribution in [1.82, 2.24) is 14.7 Å². The fraction of sp³-hybridized carbons (Fsp3) is 0.700. The van der Waals surface area contributed by atoms with Crippen LogP contribution in [-0.2, 0) is 14.3 Å². The van der Waals surface area contributed by atoms with Crippen LogP contribution in [0.3, 0.4) is 0 Å². The molecule has 0 radical (unpaired) electrons. The van der Waals surface area contributed by atoms with E-state index in [0.717, 1.165) is 63.7 Å². The summed E-state index contributed by atoms with van der Waals surface area (Å²) >= 11 is 0. The highest BCUT2D eigenvalue weighted by Crippen LogP contribution is 2.25. The van der Waals surface area contributed by atoms with Crippen molar-refractivity contribution in [3.8, 4) is 5.75 Å². The minimum atomic E-state index is -0.447. The molecular formula is C30H51N3O5. The first-order chi connectivity index (χ1) is 18.3. The topological polar surface area (TPSA) is 79.4 Å². The van der Waals surface area contributed by atoms with Gasteiger partial charge in [-0.25, -0.2) is 4.79 Å². The third kappa shape index (κ3) is 14.4. The minimum Gasteiger partial charge on any atom is -0.460 e. The van der Waals surface area contributed by atoms with Gasteiger partial charge in [0.05, 0.1) is 0 Å². The van der Waals surface area contributed by atoms with E-state index in [1.165, 1.54) is 12.8 Å². The van der Waals surface area contributed by atoms with E-state index in [0.29, 0.717) is 38.0 Å². The first-order valence-electron chi connectivity index (χ1n) is 14.4. The Kier molecular flexibility index (Phi) is 17.9. The van der Waals surface area contributed by atoms with Crippen LogP contribution in [0, 0.1) is 0 Å². The molecule has 0 spiro atoms. The Labute approximate surface area is 230 Å². The molecule has 0 saturated heterocycles. The van der Waals surface area contributed by atoms with Crippen molar-refractivity contribution < 1.29 is 23.9 Å². The maximum absolute atomic E-state index is 12.9. The first-order valence-corrected chi connectivity index (χ1v) is 14.4.